The molecule has 2 nitrogen and oxygen atoms in total. The summed E-state index contributed by atoms with van der Waals surface area (Å²) in [6, 6.07) is 23.3. The standard InChI is InChI=1S/C19H17N2/c1-19(2,15-9-4-3-5-10-15)18-13-8-12-17(21-18)16-11-6-7-14-20-16/h3-9,11-14H,1-2H3. The van der Waals surface area contributed by atoms with Crippen LogP contribution < -0.4 is 0 Å². The first-order valence-corrected chi connectivity index (χ1v) is 7.04. The van der Waals surface area contributed by atoms with Crippen LogP contribution in [0.1, 0.15) is 25.1 Å². The van der Waals surface area contributed by atoms with Gasteiger partial charge in [-0.1, -0.05) is 50.2 Å². The molecule has 21 heavy (non-hydrogen) atoms. The Morgan fingerprint density at radius 3 is 2.38 bits per heavy atom. The fourth-order valence-corrected chi connectivity index (χ4v) is 2.36. The first kappa shape index (κ1) is 13.5. The van der Waals surface area contributed by atoms with Gasteiger partial charge in [-0.05, 0) is 35.9 Å². The first-order chi connectivity index (χ1) is 10.2. The number of rotatable bonds is 3. The van der Waals surface area contributed by atoms with Crippen molar-refractivity contribution >= 4 is 0 Å². The summed E-state index contributed by atoms with van der Waals surface area (Å²) in [7, 11) is 0. The van der Waals surface area contributed by atoms with E-state index in [1.54, 1.807) is 6.20 Å². The minimum absolute atomic E-state index is 0.188. The smallest absolute Gasteiger partial charge is 0.0889 e. The summed E-state index contributed by atoms with van der Waals surface area (Å²) in [4.78, 5) is 9.18. The molecule has 0 spiro atoms. The van der Waals surface area contributed by atoms with Crippen LogP contribution in [0.3, 0.4) is 0 Å². The van der Waals surface area contributed by atoms with Crippen molar-refractivity contribution < 1.29 is 0 Å². The van der Waals surface area contributed by atoms with Crippen molar-refractivity contribution in [3.63, 3.8) is 0 Å². The van der Waals surface area contributed by atoms with E-state index in [4.69, 9.17) is 4.98 Å². The van der Waals surface area contributed by atoms with Crippen molar-refractivity contribution in [2.75, 3.05) is 0 Å². The molecule has 1 radical (unpaired) electrons. The molecule has 0 aliphatic carbocycles. The lowest BCUT2D eigenvalue weighted by Gasteiger charge is -2.25. The van der Waals surface area contributed by atoms with Crippen molar-refractivity contribution in [3.8, 4) is 11.4 Å². The van der Waals surface area contributed by atoms with Crippen molar-refractivity contribution in [1.82, 2.24) is 9.97 Å². The van der Waals surface area contributed by atoms with Crippen LogP contribution >= 0.6 is 0 Å². The molecular weight excluding hydrogens is 256 g/mol. The molecule has 3 aromatic rings. The van der Waals surface area contributed by atoms with E-state index in [9.17, 15) is 0 Å². The molecule has 0 aliphatic rings. The highest BCUT2D eigenvalue weighted by atomic mass is 14.8. The zero-order chi connectivity index (χ0) is 14.7. The zero-order valence-electron chi connectivity index (χ0n) is 12.2. The third-order valence-electron chi connectivity index (χ3n) is 3.70. The third kappa shape index (κ3) is 2.70. The van der Waals surface area contributed by atoms with Gasteiger partial charge in [-0.2, -0.15) is 0 Å². The minimum Gasteiger partial charge on any atom is -0.255 e. The Morgan fingerprint density at radius 2 is 1.67 bits per heavy atom. The summed E-state index contributed by atoms with van der Waals surface area (Å²) < 4.78 is 0. The van der Waals surface area contributed by atoms with E-state index in [1.807, 2.05) is 48.5 Å². The molecule has 0 N–H and O–H groups in total. The van der Waals surface area contributed by atoms with E-state index < -0.39 is 0 Å². The number of aromatic nitrogens is 2. The highest BCUT2D eigenvalue weighted by molar-refractivity contribution is 5.54. The molecule has 0 bridgehead atoms. The predicted octanol–water partition coefficient (Wildman–Crippen LogP) is 4.27. The molecule has 0 saturated carbocycles. The molecule has 0 unspecified atom stereocenters. The number of hydrogen-bond donors (Lipinski definition) is 0. The van der Waals surface area contributed by atoms with Crippen LogP contribution in [0.2, 0.25) is 0 Å². The Bertz CT molecular complexity index is 719. The van der Waals surface area contributed by atoms with Crippen molar-refractivity contribution in [2.24, 2.45) is 0 Å². The van der Waals surface area contributed by atoms with Crippen LogP contribution in [-0.2, 0) is 5.41 Å². The lowest BCUT2D eigenvalue weighted by atomic mass is 9.81. The Morgan fingerprint density at radius 1 is 0.857 bits per heavy atom. The van der Waals surface area contributed by atoms with Crippen LogP contribution in [0.25, 0.3) is 11.4 Å². The minimum atomic E-state index is -0.188. The number of pyridine rings is 2. The van der Waals surface area contributed by atoms with E-state index >= 15 is 0 Å². The Labute approximate surface area is 125 Å². The molecule has 103 valence electrons. The molecule has 3 rings (SSSR count). The van der Waals surface area contributed by atoms with Crippen LogP contribution in [0, 0.1) is 6.07 Å². The topological polar surface area (TPSA) is 25.8 Å². The largest absolute Gasteiger partial charge is 0.255 e. The van der Waals surface area contributed by atoms with E-state index in [2.05, 4.69) is 37.0 Å². The van der Waals surface area contributed by atoms with Gasteiger partial charge in [0.1, 0.15) is 0 Å². The Kier molecular flexibility index (Phi) is 3.53. The molecule has 0 saturated heterocycles. The molecule has 0 amide bonds. The Hall–Kier alpha value is -2.48. The summed E-state index contributed by atoms with van der Waals surface area (Å²) >= 11 is 0. The molecular formula is C19H17N2. The van der Waals surface area contributed by atoms with Gasteiger partial charge in [-0.3, -0.25) is 9.97 Å². The van der Waals surface area contributed by atoms with Gasteiger partial charge in [-0.25, -0.2) is 0 Å². The molecule has 0 fully saturated rings. The molecule has 1 aromatic carbocycles. The number of hydrogen-bond acceptors (Lipinski definition) is 2. The second kappa shape index (κ2) is 5.49. The summed E-state index contributed by atoms with van der Waals surface area (Å²) in [5.74, 6) is 0. The van der Waals surface area contributed by atoms with Gasteiger partial charge in [-0.15, -0.1) is 0 Å². The second-order valence-electron chi connectivity index (χ2n) is 5.52. The lowest BCUT2D eigenvalue weighted by Crippen LogP contribution is -2.20. The fourth-order valence-electron chi connectivity index (χ4n) is 2.36. The monoisotopic (exact) mass is 273 g/mol. The van der Waals surface area contributed by atoms with Gasteiger partial charge >= 0.3 is 0 Å². The highest BCUT2D eigenvalue weighted by Gasteiger charge is 2.24. The molecule has 2 heterocycles. The number of benzene rings is 1. The predicted molar refractivity (Wildman–Crippen MR) is 84.9 cm³/mol. The normalized spacial score (nSPS) is 11.3. The summed E-state index contributed by atoms with van der Waals surface area (Å²) in [6.07, 6.45) is 1.79. The SMILES string of the molecule is CC(C)(c1[c]cccc1)c1cccc(-c2ccccn2)n1. The summed E-state index contributed by atoms with van der Waals surface area (Å²) in [5, 5.41) is 0. The maximum atomic E-state index is 4.81. The van der Waals surface area contributed by atoms with Gasteiger partial charge in [0.2, 0.25) is 0 Å². The second-order valence-corrected chi connectivity index (χ2v) is 5.52. The van der Waals surface area contributed by atoms with Crippen LogP contribution in [0.5, 0.6) is 0 Å². The summed E-state index contributed by atoms with van der Waals surface area (Å²) in [6.45, 7) is 4.34. The van der Waals surface area contributed by atoms with E-state index in [0.29, 0.717) is 0 Å². The van der Waals surface area contributed by atoms with Gasteiger partial charge in [0.05, 0.1) is 17.1 Å². The van der Waals surface area contributed by atoms with Crippen molar-refractivity contribution in [2.45, 2.75) is 19.3 Å². The molecule has 2 aromatic heterocycles. The highest BCUT2D eigenvalue weighted by Crippen LogP contribution is 2.30. The average molecular weight is 273 g/mol. The van der Waals surface area contributed by atoms with Gasteiger partial charge in [0.15, 0.2) is 0 Å². The average Bonchev–Trinajstić information content (AvgIpc) is 2.57. The molecule has 0 atom stereocenters. The van der Waals surface area contributed by atoms with Gasteiger partial charge < -0.3 is 0 Å². The zero-order valence-corrected chi connectivity index (χ0v) is 12.2. The number of nitrogens with zero attached hydrogens (tertiary/aromatic N) is 2. The fraction of sp³-hybridized carbons (Fsp3) is 0.158. The van der Waals surface area contributed by atoms with E-state index in [0.717, 1.165) is 22.6 Å². The van der Waals surface area contributed by atoms with Crippen molar-refractivity contribution in [1.29, 1.82) is 0 Å². The maximum absolute atomic E-state index is 4.81. The van der Waals surface area contributed by atoms with Crippen LogP contribution in [-0.4, -0.2) is 9.97 Å². The van der Waals surface area contributed by atoms with Crippen molar-refractivity contribution in [3.05, 3.63) is 84.2 Å². The quantitative estimate of drug-likeness (QED) is 0.712. The molecule has 2 heteroatoms. The molecule has 0 aliphatic heterocycles. The maximum Gasteiger partial charge on any atom is 0.0889 e. The van der Waals surface area contributed by atoms with E-state index in [1.165, 1.54) is 0 Å². The van der Waals surface area contributed by atoms with Crippen LogP contribution in [0.15, 0.2) is 66.9 Å². The van der Waals surface area contributed by atoms with Gasteiger partial charge in [0, 0.05) is 11.6 Å². The summed E-state index contributed by atoms with van der Waals surface area (Å²) in [5.41, 5.74) is 3.76. The first-order valence-electron chi connectivity index (χ1n) is 7.04. The third-order valence-corrected chi connectivity index (χ3v) is 3.70. The Balaban J connectivity index is 2.04. The van der Waals surface area contributed by atoms with E-state index in [-0.39, 0.29) is 5.41 Å². The van der Waals surface area contributed by atoms with Gasteiger partial charge in [0.25, 0.3) is 0 Å². The van der Waals surface area contributed by atoms with Crippen LogP contribution in [0.4, 0.5) is 0 Å². The lowest BCUT2D eigenvalue weighted by molar-refractivity contribution is 0.616.